The van der Waals surface area contributed by atoms with Gasteiger partial charge in [-0.05, 0) is 41.8 Å². The van der Waals surface area contributed by atoms with Crippen molar-refractivity contribution in [2.45, 2.75) is 13.5 Å². The van der Waals surface area contributed by atoms with E-state index in [1.54, 1.807) is 12.1 Å². The van der Waals surface area contributed by atoms with Crippen LogP contribution in [0.1, 0.15) is 22.8 Å². The lowest BCUT2D eigenvalue weighted by Gasteiger charge is -2.13. The summed E-state index contributed by atoms with van der Waals surface area (Å²) in [5, 5.41) is 5.64. The molecular weight excluding hydrogens is 392 g/mol. The van der Waals surface area contributed by atoms with Crippen LogP contribution in [0.15, 0.2) is 72.8 Å². The summed E-state index contributed by atoms with van der Waals surface area (Å²) in [6.45, 7) is 2.64. The maximum atomic E-state index is 12.9. The smallest absolute Gasteiger partial charge is 0.257 e. The first-order valence-corrected chi connectivity index (χ1v) is 10.1. The van der Waals surface area contributed by atoms with Crippen molar-refractivity contribution < 1.29 is 19.1 Å². The van der Waals surface area contributed by atoms with E-state index in [1.807, 2.05) is 67.6 Å². The maximum Gasteiger partial charge on any atom is 0.257 e. The summed E-state index contributed by atoms with van der Waals surface area (Å²) in [4.78, 5) is 24.5. The molecule has 3 rings (SSSR count). The number of carbonyl (C=O) groups excluding carboxylic acids is 2. The number of carbonyl (C=O) groups is 2. The Bertz CT molecular complexity index is 1030. The van der Waals surface area contributed by atoms with Crippen LogP contribution < -0.4 is 20.1 Å². The first-order valence-electron chi connectivity index (χ1n) is 10.1. The highest BCUT2D eigenvalue weighted by Crippen LogP contribution is 2.28. The largest absolute Gasteiger partial charge is 0.493 e. The van der Waals surface area contributed by atoms with Crippen LogP contribution in [-0.2, 0) is 11.3 Å². The van der Waals surface area contributed by atoms with Gasteiger partial charge in [0.25, 0.3) is 11.8 Å². The molecule has 3 aromatic carbocycles. The average molecular weight is 418 g/mol. The molecule has 0 saturated carbocycles. The molecule has 2 amide bonds. The molecule has 31 heavy (non-hydrogen) atoms. The van der Waals surface area contributed by atoms with Gasteiger partial charge in [-0.15, -0.1) is 0 Å². The van der Waals surface area contributed by atoms with Crippen molar-refractivity contribution in [1.29, 1.82) is 0 Å². The van der Waals surface area contributed by atoms with E-state index in [0.29, 0.717) is 30.2 Å². The fourth-order valence-corrected chi connectivity index (χ4v) is 3.16. The summed E-state index contributed by atoms with van der Waals surface area (Å²) in [6.07, 6.45) is 0. The van der Waals surface area contributed by atoms with Crippen molar-refractivity contribution in [2.24, 2.45) is 0 Å². The monoisotopic (exact) mass is 418 g/mol. The fourth-order valence-electron chi connectivity index (χ4n) is 3.16. The van der Waals surface area contributed by atoms with Crippen LogP contribution >= 0.6 is 0 Å². The molecule has 0 heterocycles. The first-order chi connectivity index (χ1) is 15.1. The van der Waals surface area contributed by atoms with Gasteiger partial charge in [-0.3, -0.25) is 9.59 Å². The molecule has 0 fully saturated rings. The number of ether oxygens (including phenoxy) is 2. The number of nitrogens with one attached hydrogen (secondary N) is 2. The van der Waals surface area contributed by atoms with E-state index in [1.165, 1.54) is 7.11 Å². The van der Waals surface area contributed by atoms with Crippen LogP contribution in [0.2, 0.25) is 0 Å². The number of amides is 2. The Morgan fingerprint density at radius 1 is 0.871 bits per heavy atom. The molecular formula is C25H26N2O4. The molecule has 0 bridgehead atoms. The third-order valence-electron chi connectivity index (χ3n) is 4.67. The molecule has 6 heteroatoms. The molecule has 0 aliphatic carbocycles. The van der Waals surface area contributed by atoms with Crippen molar-refractivity contribution in [3.05, 3.63) is 83.9 Å². The van der Waals surface area contributed by atoms with Crippen molar-refractivity contribution in [1.82, 2.24) is 10.6 Å². The van der Waals surface area contributed by atoms with Gasteiger partial charge >= 0.3 is 0 Å². The minimum atomic E-state index is -0.196. The van der Waals surface area contributed by atoms with Gasteiger partial charge in [0.2, 0.25) is 0 Å². The highest BCUT2D eigenvalue weighted by Gasteiger charge is 2.13. The molecule has 0 atom stereocenters. The Balaban J connectivity index is 1.68. The van der Waals surface area contributed by atoms with Crippen LogP contribution in [0.3, 0.4) is 0 Å². The lowest BCUT2D eigenvalue weighted by molar-refractivity contribution is -0.123. The highest BCUT2D eigenvalue weighted by atomic mass is 16.5. The number of methoxy groups -OCH3 is 1. The Morgan fingerprint density at radius 2 is 1.61 bits per heavy atom. The van der Waals surface area contributed by atoms with Gasteiger partial charge < -0.3 is 20.1 Å². The lowest BCUT2D eigenvalue weighted by Crippen LogP contribution is -2.28. The third-order valence-corrected chi connectivity index (χ3v) is 4.67. The molecule has 0 saturated heterocycles. The van der Waals surface area contributed by atoms with E-state index in [9.17, 15) is 9.59 Å². The summed E-state index contributed by atoms with van der Waals surface area (Å²) in [5.74, 6) is 0.618. The zero-order valence-corrected chi connectivity index (χ0v) is 17.7. The van der Waals surface area contributed by atoms with E-state index in [0.717, 1.165) is 16.7 Å². The lowest BCUT2D eigenvalue weighted by atomic mass is 9.99. The Kier molecular flexibility index (Phi) is 7.65. The van der Waals surface area contributed by atoms with E-state index in [-0.39, 0.29) is 18.4 Å². The maximum absolute atomic E-state index is 12.9. The summed E-state index contributed by atoms with van der Waals surface area (Å²) in [5.41, 5.74) is 3.34. The second-order valence-electron chi connectivity index (χ2n) is 6.82. The second-order valence-corrected chi connectivity index (χ2v) is 6.82. The normalized spacial score (nSPS) is 10.3. The highest BCUT2D eigenvalue weighted by molar-refractivity contribution is 6.00. The van der Waals surface area contributed by atoms with Gasteiger partial charge in [-0.25, -0.2) is 0 Å². The SMILES string of the molecule is CCNC(=O)COc1ccc(CNC(=O)c2ccccc2-c2ccccc2)cc1OC. The van der Waals surface area contributed by atoms with Gasteiger partial charge in [0.1, 0.15) is 0 Å². The summed E-state index contributed by atoms with van der Waals surface area (Å²) in [7, 11) is 1.53. The van der Waals surface area contributed by atoms with Crippen molar-refractivity contribution in [2.75, 3.05) is 20.3 Å². The van der Waals surface area contributed by atoms with Gasteiger partial charge in [0.15, 0.2) is 18.1 Å². The minimum absolute atomic E-state index is 0.0868. The van der Waals surface area contributed by atoms with E-state index < -0.39 is 0 Å². The minimum Gasteiger partial charge on any atom is -0.493 e. The Labute approximate surface area is 182 Å². The van der Waals surface area contributed by atoms with E-state index >= 15 is 0 Å². The Hall–Kier alpha value is -3.80. The van der Waals surface area contributed by atoms with Crippen LogP contribution in [0.4, 0.5) is 0 Å². The topological polar surface area (TPSA) is 76.7 Å². The molecule has 2 N–H and O–H groups in total. The second kappa shape index (κ2) is 10.8. The number of benzene rings is 3. The van der Waals surface area contributed by atoms with Gasteiger partial charge in [0, 0.05) is 18.7 Å². The van der Waals surface area contributed by atoms with E-state index in [4.69, 9.17) is 9.47 Å². The first kappa shape index (κ1) is 21.9. The summed E-state index contributed by atoms with van der Waals surface area (Å²) in [6, 6.07) is 22.7. The quantitative estimate of drug-likeness (QED) is 0.554. The third kappa shape index (κ3) is 5.85. The molecule has 0 aliphatic heterocycles. The van der Waals surface area contributed by atoms with Crippen LogP contribution in [0.5, 0.6) is 11.5 Å². The molecule has 0 unspecified atom stereocenters. The van der Waals surface area contributed by atoms with Crippen LogP contribution in [-0.4, -0.2) is 32.1 Å². The van der Waals surface area contributed by atoms with Crippen LogP contribution in [0, 0.1) is 0 Å². The Morgan fingerprint density at radius 3 is 2.35 bits per heavy atom. The van der Waals surface area contributed by atoms with Gasteiger partial charge in [-0.1, -0.05) is 54.6 Å². The molecule has 0 aliphatic rings. The number of hydrogen-bond acceptors (Lipinski definition) is 4. The molecule has 0 radical (unpaired) electrons. The zero-order chi connectivity index (χ0) is 22.1. The van der Waals surface area contributed by atoms with Crippen molar-refractivity contribution >= 4 is 11.8 Å². The van der Waals surface area contributed by atoms with E-state index in [2.05, 4.69) is 10.6 Å². The van der Waals surface area contributed by atoms with Crippen LogP contribution in [0.25, 0.3) is 11.1 Å². The van der Waals surface area contributed by atoms with Crippen molar-refractivity contribution in [3.8, 4) is 22.6 Å². The van der Waals surface area contributed by atoms with Gasteiger partial charge in [-0.2, -0.15) is 0 Å². The fraction of sp³-hybridized carbons (Fsp3) is 0.200. The molecule has 6 nitrogen and oxygen atoms in total. The standard InChI is InChI=1S/C25H26N2O4/c1-3-26-24(28)17-31-22-14-13-18(15-23(22)30-2)16-27-25(29)21-12-8-7-11-20(21)19-9-5-4-6-10-19/h4-15H,3,16-17H2,1-2H3,(H,26,28)(H,27,29). The van der Waals surface area contributed by atoms with Gasteiger partial charge in [0.05, 0.1) is 7.11 Å². The molecule has 3 aromatic rings. The number of rotatable bonds is 9. The number of hydrogen-bond donors (Lipinski definition) is 2. The number of likely N-dealkylation sites (N-methyl/N-ethyl adjacent to an activating group) is 1. The molecule has 0 spiro atoms. The summed E-state index contributed by atoms with van der Waals surface area (Å²) < 4.78 is 10.9. The van der Waals surface area contributed by atoms with Crippen molar-refractivity contribution in [3.63, 3.8) is 0 Å². The predicted molar refractivity (Wildman–Crippen MR) is 120 cm³/mol. The predicted octanol–water partition coefficient (Wildman–Crippen LogP) is 3.81. The molecule has 160 valence electrons. The summed E-state index contributed by atoms with van der Waals surface area (Å²) >= 11 is 0. The zero-order valence-electron chi connectivity index (χ0n) is 17.7. The average Bonchev–Trinajstić information content (AvgIpc) is 2.82. The molecule has 0 aromatic heterocycles.